The number of esters is 1. The lowest BCUT2D eigenvalue weighted by molar-refractivity contribution is -0.136. The maximum absolute atomic E-state index is 13.4. The van der Waals surface area contributed by atoms with Crippen molar-refractivity contribution in [3.05, 3.63) is 76.8 Å². The van der Waals surface area contributed by atoms with Gasteiger partial charge in [0, 0.05) is 17.4 Å². The fourth-order valence-corrected chi connectivity index (χ4v) is 4.68. The number of halogens is 1. The largest absolute Gasteiger partial charge is 0.484 e. The monoisotopic (exact) mass is 492 g/mol. The highest BCUT2D eigenvalue weighted by Crippen LogP contribution is 2.37. The van der Waals surface area contributed by atoms with E-state index < -0.39 is 5.97 Å². The molecule has 1 aliphatic carbocycles. The van der Waals surface area contributed by atoms with Crippen LogP contribution >= 0.6 is 0 Å². The van der Waals surface area contributed by atoms with Crippen molar-refractivity contribution < 1.29 is 28.2 Å². The Balaban J connectivity index is 1.45. The van der Waals surface area contributed by atoms with Crippen LogP contribution in [0, 0.1) is 5.82 Å². The molecule has 0 saturated heterocycles. The van der Waals surface area contributed by atoms with Crippen LogP contribution in [0.5, 0.6) is 5.75 Å². The molecule has 0 atom stereocenters. The van der Waals surface area contributed by atoms with Gasteiger partial charge in [0.1, 0.15) is 11.6 Å². The smallest absolute Gasteiger partial charge is 0.340 e. The molecule has 1 aliphatic heterocycles. The first kappa shape index (κ1) is 25.2. The van der Waals surface area contributed by atoms with Gasteiger partial charge in [-0.05, 0) is 67.8 Å². The first-order valence-electron chi connectivity index (χ1n) is 12.0. The van der Waals surface area contributed by atoms with E-state index in [0.717, 1.165) is 32.1 Å². The molecule has 4 rings (SSSR count). The summed E-state index contributed by atoms with van der Waals surface area (Å²) in [5, 5.41) is 2.63. The quantitative estimate of drug-likeness (QED) is 0.441. The standard InChI is InChI=1S/C28H29FN2O5/c1-18-26(28(34)35-2)24(27(33)31(18)22-6-4-3-5-7-22)16-19-8-14-23(15-9-19)36-17-25(32)30-21-12-10-20(29)11-13-21/h8-16,22H,3-7,17H2,1-2H3,(H,30,32)/b24-16-. The zero-order valence-electron chi connectivity index (χ0n) is 20.4. The summed E-state index contributed by atoms with van der Waals surface area (Å²) < 4.78 is 23.5. The number of allylic oxidation sites excluding steroid dienone is 1. The number of nitrogens with zero attached hydrogens (tertiary/aromatic N) is 1. The molecule has 2 aromatic rings. The lowest BCUT2D eigenvalue weighted by atomic mass is 9.94. The summed E-state index contributed by atoms with van der Waals surface area (Å²) in [6.45, 7) is 1.58. The molecule has 188 valence electrons. The van der Waals surface area contributed by atoms with Crippen LogP contribution in [-0.4, -0.2) is 42.4 Å². The average molecular weight is 493 g/mol. The summed E-state index contributed by atoms with van der Waals surface area (Å²) in [4.78, 5) is 39.8. The third kappa shape index (κ3) is 5.64. The molecule has 1 heterocycles. The van der Waals surface area contributed by atoms with Gasteiger partial charge in [-0.1, -0.05) is 31.4 Å². The second-order valence-electron chi connectivity index (χ2n) is 8.89. The highest BCUT2D eigenvalue weighted by Gasteiger charge is 2.40. The first-order chi connectivity index (χ1) is 17.4. The molecule has 0 bridgehead atoms. The van der Waals surface area contributed by atoms with Crippen LogP contribution in [0.4, 0.5) is 10.1 Å². The number of rotatable bonds is 7. The molecule has 2 amide bonds. The van der Waals surface area contributed by atoms with Crippen molar-refractivity contribution in [3.8, 4) is 5.75 Å². The average Bonchev–Trinajstić information content (AvgIpc) is 3.14. The van der Waals surface area contributed by atoms with E-state index in [-0.39, 0.29) is 30.3 Å². The Labute approximate surface area is 209 Å². The van der Waals surface area contributed by atoms with Crippen LogP contribution < -0.4 is 10.1 Å². The summed E-state index contributed by atoms with van der Waals surface area (Å²) in [5.41, 5.74) is 2.43. The third-order valence-electron chi connectivity index (χ3n) is 6.46. The predicted octanol–water partition coefficient (Wildman–Crippen LogP) is 4.85. The molecule has 1 fully saturated rings. The van der Waals surface area contributed by atoms with E-state index in [0.29, 0.717) is 33.8 Å². The Kier molecular flexibility index (Phi) is 7.83. The molecule has 2 aliphatic rings. The van der Waals surface area contributed by atoms with Gasteiger partial charge < -0.3 is 19.7 Å². The molecule has 0 radical (unpaired) electrons. The van der Waals surface area contributed by atoms with E-state index in [4.69, 9.17) is 9.47 Å². The van der Waals surface area contributed by atoms with Crippen molar-refractivity contribution in [1.82, 2.24) is 4.90 Å². The van der Waals surface area contributed by atoms with Crippen LogP contribution in [-0.2, 0) is 19.1 Å². The number of benzene rings is 2. The number of ether oxygens (including phenoxy) is 2. The van der Waals surface area contributed by atoms with Crippen molar-refractivity contribution in [2.75, 3.05) is 19.0 Å². The number of hydrogen-bond donors (Lipinski definition) is 1. The topological polar surface area (TPSA) is 84.9 Å². The Morgan fingerprint density at radius 2 is 1.72 bits per heavy atom. The minimum absolute atomic E-state index is 0.0913. The summed E-state index contributed by atoms with van der Waals surface area (Å²) in [5.74, 6) is -1.01. The fraction of sp³-hybridized carbons (Fsp3) is 0.321. The van der Waals surface area contributed by atoms with Crippen molar-refractivity contribution in [2.24, 2.45) is 0 Å². The number of carbonyl (C=O) groups is 3. The molecule has 7 nitrogen and oxygen atoms in total. The number of methoxy groups -OCH3 is 1. The van der Waals surface area contributed by atoms with Crippen molar-refractivity contribution in [1.29, 1.82) is 0 Å². The van der Waals surface area contributed by atoms with Crippen LogP contribution in [0.2, 0.25) is 0 Å². The van der Waals surface area contributed by atoms with Gasteiger partial charge in [-0.25, -0.2) is 9.18 Å². The van der Waals surface area contributed by atoms with E-state index in [1.807, 2.05) is 0 Å². The molecule has 36 heavy (non-hydrogen) atoms. The van der Waals surface area contributed by atoms with E-state index in [1.165, 1.54) is 31.4 Å². The van der Waals surface area contributed by atoms with E-state index in [9.17, 15) is 18.8 Å². The Morgan fingerprint density at radius 3 is 2.36 bits per heavy atom. The van der Waals surface area contributed by atoms with Crippen LogP contribution in [0.3, 0.4) is 0 Å². The third-order valence-corrected chi connectivity index (χ3v) is 6.46. The lowest BCUT2D eigenvalue weighted by Crippen LogP contribution is -2.37. The van der Waals surface area contributed by atoms with Gasteiger partial charge in [0.25, 0.3) is 11.8 Å². The molecule has 0 aromatic heterocycles. The predicted molar refractivity (Wildman–Crippen MR) is 133 cm³/mol. The molecule has 0 spiro atoms. The zero-order valence-corrected chi connectivity index (χ0v) is 20.4. The molecule has 0 unspecified atom stereocenters. The normalized spacial score (nSPS) is 17.5. The van der Waals surface area contributed by atoms with Gasteiger partial charge in [-0.2, -0.15) is 0 Å². The summed E-state index contributed by atoms with van der Waals surface area (Å²) in [7, 11) is 1.31. The van der Waals surface area contributed by atoms with E-state index in [2.05, 4.69) is 5.32 Å². The van der Waals surface area contributed by atoms with Gasteiger partial charge in [0.2, 0.25) is 0 Å². The van der Waals surface area contributed by atoms with E-state index in [1.54, 1.807) is 42.2 Å². The molecular formula is C28H29FN2O5. The summed E-state index contributed by atoms with van der Waals surface area (Å²) in [6.07, 6.45) is 6.83. The molecule has 1 N–H and O–H groups in total. The highest BCUT2D eigenvalue weighted by molar-refractivity contribution is 6.16. The van der Waals surface area contributed by atoms with Crippen molar-refractivity contribution in [2.45, 2.75) is 45.1 Å². The molecule has 8 heteroatoms. The first-order valence-corrected chi connectivity index (χ1v) is 12.0. The van der Waals surface area contributed by atoms with Crippen molar-refractivity contribution >= 4 is 29.5 Å². The fourth-order valence-electron chi connectivity index (χ4n) is 4.68. The summed E-state index contributed by atoms with van der Waals surface area (Å²) in [6, 6.07) is 12.4. The maximum Gasteiger partial charge on any atom is 0.340 e. The number of nitrogens with one attached hydrogen (secondary N) is 1. The summed E-state index contributed by atoms with van der Waals surface area (Å²) >= 11 is 0. The van der Waals surface area contributed by atoms with Crippen molar-refractivity contribution in [3.63, 3.8) is 0 Å². The SMILES string of the molecule is COC(=O)C1=C(C)N(C2CCCCC2)C(=O)/C1=C\c1ccc(OCC(=O)Nc2ccc(F)cc2)cc1. The van der Waals surface area contributed by atoms with Crippen LogP contribution in [0.25, 0.3) is 6.08 Å². The maximum atomic E-state index is 13.4. The Hall–Kier alpha value is -3.94. The molecule has 2 aromatic carbocycles. The minimum atomic E-state index is -0.530. The van der Waals surface area contributed by atoms with Crippen LogP contribution in [0.1, 0.15) is 44.6 Å². The molecule has 1 saturated carbocycles. The zero-order chi connectivity index (χ0) is 25.7. The van der Waals surface area contributed by atoms with Gasteiger partial charge >= 0.3 is 5.97 Å². The van der Waals surface area contributed by atoms with Gasteiger partial charge in [-0.3, -0.25) is 9.59 Å². The van der Waals surface area contributed by atoms with Gasteiger partial charge in [0.05, 0.1) is 18.3 Å². The highest BCUT2D eigenvalue weighted by atomic mass is 19.1. The minimum Gasteiger partial charge on any atom is -0.484 e. The number of anilines is 1. The Morgan fingerprint density at radius 1 is 1.06 bits per heavy atom. The lowest BCUT2D eigenvalue weighted by Gasteiger charge is -2.32. The number of carbonyl (C=O) groups excluding carboxylic acids is 3. The second kappa shape index (κ2) is 11.2. The van der Waals surface area contributed by atoms with Crippen LogP contribution in [0.15, 0.2) is 65.4 Å². The molecular weight excluding hydrogens is 463 g/mol. The van der Waals surface area contributed by atoms with Gasteiger partial charge in [0.15, 0.2) is 6.61 Å². The number of amides is 2. The van der Waals surface area contributed by atoms with Gasteiger partial charge in [-0.15, -0.1) is 0 Å². The number of hydrogen-bond acceptors (Lipinski definition) is 5. The van der Waals surface area contributed by atoms with E-state index >= 15 is 0 Å². The second-order valence-corrected chi connectivity index (χ2v) is 8.89. The Bertz CT molecular complexity index is 1200.